The SMILES string of the molecule is CC1CCC(CNC2=C[C@](N)(C3C=CCC=C3)C3=C(CCC(Cl)C3)CN2)NC1. The van der Waals surface area contributed by atoms with Crippen LogP contribution in [0.3, 0.4) is 0 Å². The first-order valence-corrected chi connectivity index (χ1v) is 11.4. The van der Waals surface area contributed by atoms with Gasteiger partial charge in [0.05, 0.1) is 11.4 Å². The molecule has 0 aromatic carbocycles. The van der Waals surface area contributed by atoms with Crippen molar-refractivity contribution in [3.63, 3.8) is 0 Å². The van der Waals surface area contributed by atoms with Crippen LogP contribution in [0.15, 0.2) is 47.3 Å². The average molecular weight is 403 g/mol. The van der Waals surface area contributed by atoms with Crippen molar-refractivity contribution in [1.29, 1.82) is 0 Å². The van der Waals surface area contributed by atoms with E-state index in [4.69, 9.17) is 17.3 Å². The van der Waals surface area contributed by atoms with Crippen molar-refractivity contribution in [2.75, 3.05) is 19.6 Å². The number of nitrogens with one attached hydrogen (secondary N) is 3. The summed E-state index contributed by atoms with van der Waals surface area (Å²) in [6.45, 7) is 5.23. The Morgan fingerprint density at radius 1 is 1.25 bits per heavy atom. The zero-order valence-electron chi connectivity index (χ0n) is 17.0. The number of hydrogen-bond donors (Lipinski definition) is 4. The molecule has 0 aromatic rings. The molecule has 0 aromatic heterocycles. The number of alkyl halides is 1. The lowest BCUT2D eigenvalue weighted by atomic mass is 9.71. The average Bonchev–Trinajstić information content (AvgIpc) is 2.86. The van der Waals surface area contributed by atoms with Gasteiger partial charge >= 0.3 is 0 Å². The molecule has 4 aliphatic rings. The summed E-state index contributed by atoms with van der Waals surface area (Å²) in [5.74, 6) is 2.03. The number of hydrogen-bond acceptors (Lipinski definition) is 4. The van der Waals surface area contributed by atoms with Gasteiger partial charge in [0.2, 0.25) is 0 Å². The molecule has 2 heterocycles. The van der Waals surface area contributed by atoms with Crippen LogP contribution in [0.4, 0.5) is 0 Å². The van der Waals surface area contributed by atoms with Gasteiger partial charge in [-0.05, 0) is 68.2 Å². The molecule has 1 saturated heterocycles. The van der Waals surface area contributed by atoms with Crippen molar-refractivity contribution in [3.05, 3.63) is 47.3 Å². The summed E-state index contributed by atoms with van der Waals surface area (Å²) >= 11 is 6.58. The number of piperidine rings is 1. The second-order valence-electron chi connectivity index (χ2n) is 9.05. The van der Waals surface area contributed by atoms with Gasteiger partial charge in [-0.15, -0.1) is 11.6 Å². The summed E-state index contributed by atoms with van der Waals surface area (Å²) < 4.78 is 0. The second kappa shape index (κ2) is 8.64. The van der Waals surface area contributed by atoms with Crippen molar-refractivity contribution in [2.24, 2.45) is 17.6 Å². The molecule has 1 fully saturated rings. The van der Waals surface area contributed by atoms with Gasteiger partial charge in [-0.3, -0.25) is 0 Å². The molecule has 0 amide bonds. The van der Waals surface area contributed by atoms with E-state index >= 15 is 0 Å². The Kier molecular flexibility index (Phi) is 6.19. The summed E-state index contributed by atoms with van der Waals surface area (Å²) in [6, 6.07) is 0.526. The van der Waals surface area contributed by atoms with Crippen LogP contribution in [-0.2, 0) is 0 Å². The molecular weight excluding hydrogens is 368 g/mol. The van der Waals surface area contributed by atoms with Crippen LogP contribution in [0.5, 0.6) is 0 Å². The van der Waals surface area contributed by atoms with Gasteiger partial charge in [0.25, 0.3) is 0 Å². The fourth-order valence-electron chi connectivity index (χ4n) is 4.99. The molecule has 0 saturated carbocycles. The summed E-state index contributed by atoms with van der Waals surface area (Å²) in [7, 11) is 0. The highest BCUT2D eigenvalue weighted by Crippen LogP contribution is 2.41. The van der Waals surface area contributed by atoms with E-state index in [0.717, 1.165) is 57.1 Å². The van der Waals surface area contributed by atoms with E-state index in [1.807, 2.05) is 0 Å². The highest BCUT2D eigenvalue weighted by atomic mass is 35.5. The van der Waals surface area contributed by atoms with Crippen LogP contribution in [0, 0.1) is 11.8 Å². The first-order valence-electron chi connectivity index (χ1n) is 11.0. The monoisotopic (exact) mass is 402 g/mol. The van der Waals surface area contributed by atoms with E-state index < -0.39 is 5.54 Å². The van der Waals surface area contributed by atoms with Gasteiger partial charge in [0, 0.05) is 30.4 Å². The third-order valence-corrected chi connectivity index (χ3v) is 7.19. The molecule has 4 rings (SSSR count). The molecular formula is C23H35ClN4. The Balaban J connectivity index is 1.55. The minimum atomic E-state index is -0.517. The fourth-order valence-corrected chi connectivity index (χ4v) is 5.26. The topological polar surface area (TPSA) is 62.1 Å². The number of halogens is 1. The fraction of sp³-hybridized carbons (Fsp3) is 0.652. The molecule has 5 heteroatoms. The minimum absolute atomic E-state index is 0.179. The van der Waals surface area contributed by atoms with E-state index in [1.54, 1.807) is 0 Å². The van der Waals surface area contributed by atoms with Gasteiger partial charge < -0.3 is 21.7 Å². The van der Waals surface area contributed by atoms with Crippen LogP contribution in [-0.4, -0.2) is 36.6 Å². The van der Waals surface area contributed by atoms with Crippen LogP contribution in [0.2, 0.25) is 0 Å². The Labute approximate surface area is 174 Å². The second-order valence-corrected chi connectivity index (χ2v) is 9.67. The molecule has 0 bridgehead atoms. The van der Waals surface area contributed by atoms with Gasteiger partial charge in [0.1, 0.15) is 0 Å². The molecule has 3 unspecified atom stereocenters. The lowest BCUT2D eigenvalue weighted by Gasteiger charge is -2.39. The van der Waals surface area contributed by atoms with E-state index in [9.17, 15) is 0 Å². The lowest BCUT2D eigenvalue weighted by molar-refractivity contribution is 0.322. The Hall–Kier alpha value is -1.23. The van der Waals surface area contributed by atoms with E-state index in [-0.39, 0.29) is 11.3 Å². The van der Waals surface area contributed by atoms with E-state index in [1.165, 1.54) is 24.0 Å². The maximum atomic E-state index is 7.18. The Morgan fingerprint density at radius 2 is 2.07 bits per heavy atom. The van der Waals surface area contributed by atoms with Crippen LogP contribution >= 0.6 is 11.6 Å². The van der Waals surface area contributed by atoms with Gasteiger partial charge in [-0.2, -0.15) is 0 Å². The summed E-state index contributed by atoms with van der Waals surface area (Å²) in [5.41, 5.74) is 9.45. The molecule has 0 radical (unpaired) electrons. The molecule has 4 nitrogen and oxygen atoms in total. The standard InChI is InChI=1S/C23H35ClN4/c1-16-7-10-20(26-13-16)15-28-22-12-23(25,18-5-3-2-4-6-18)21-11-19(24)9-8-17(21)14-27-22/h3-6,12,16,18-20,26-28H,2,7-11,13-15,25H2,1H3/t16?,19?,20?,23-/m0/s1. The van der Waals surface area contributed by atoms with Crippen LogP contribution < -0.4 is 21.7 Å². The molecule has 2 aliphatic carbocycles. The molecule has 28 heavy (non-hydrogen) atoms. The van der Waals surface area contributed by atoms with Crippen molar-refractivity contribution in [3.8, 4) is 0 Å². The number of rotatable bonds is 4. The maximum absolute atomic E-state index is 7.18. The third kappa shape index (κ3) is 4.34. The van der Waals surface area contributed by atoms with Crippen molar-refractivity contribution >= 4 is 11.6 Å². The van der Waals surface area contributed by atoms with Crippen LogP contribution in [0.25, 0.3) is 0 Å². The third-order valence-electron chi connectivity index (χ3n) is 6.82. The summed E-state index contributed by atoms with van der Waals surface area (Å²) in [4.78, 5) is 0. The lowest BCUT2D eigenvalue weighted by Crippen LogP contribution is -2.49. The minimum Gasteiger partial charge on any atom is -0.371 e. The van der Waals surface area contributed by atoms with Crippen molar-refractivity contribution < 1.29 is 0 Å². The van der Waals surface area contributed by atoms with Gasteiger partial charge in [-0.25, -0.2) is 0 Å². The quantitative estimate of drug-likeness (QED) is 0.430. The molecule has 154 valence electrons. The first-order chi connectivity index (χ1) is 13.5. The highest BCUT2D eigenvalue weighted by Gasteiger charge is 2.40. The predicted octanol–water partition coefficient (Wildman–Crippen LogP) is 3.33. The molecule has 4 atom stereocenters. The zero-order chi connectivity index (χ0) is 19.6. The normalized spacial score (nSPS) is 36.4. The summed E-state index contributed by atoms with van der Waals surface area (Å²) in [6.07, 6.45) is 17.7. The predicted molar refractivity (Wildman–Crippen MR) is 118 cm³/mol. The Morgan fingerprint density at radius 3 is 2.82 bits per heavy atom. The van der Waals surface area contributed by atoms with Gasteiger partial charge in [-0.1, -0.05) is 31.2 Å². The largest absolute Gasteiger partial charge is 0.371 e. The van der Waals surface area contributed by atoms with E-state index in [0.29, 0.717) is 6.04 Å². The molecule has 2 aliphatic heterocycles. The highest BCUT2D eigenvalue weighted by molar-refractivity contribution is 6.20. The van der Waals surface area contributed by atoms with Crippen molar-refractivity contribution in [1.82, 2.24) is 16.0 Å². The summed E-state index contributed by atoms with van der Waals surface area (Å²) in [5, 5.41) is 11.1. The van der Waals surface area contributed by atoms with Crippen LogP contribution in [0.1, 0.15) is 45.4 Å². The maximum Gasteiger partial charge on any atom is 0.0970 e. The molecule has 5 N–H and O–H groups in total. The van der Waals surface area contributed by atoms with E-state index in [2.05, 4.69) is 53.3 Å². The van der Waals surface area contributed by atoms with Gasteiger partial charge in [0.15, 0.2) is 0 Å². The number of nitrogens with two attached hydrogens (primary N) is 1. The first kappa shape index (κ1) is 20.1. The smallest absolute Gasteiger partial charge is 0.0970 e. The van der Waals surface area contributed by atoms with Crippen molar-refractivity contribution in [2.45, 2.75) is 62.4 Å². The molecule has 0 spiro atoms. The number of allylic oxidation sites excluding steroid dienone is 2. The Bertz CT molecular complexity index is 675. The zero-order valence-corrected chi connectivity index (χ0v) is 17.8.